The Labute approximate surface area is 130 Å². The SMILES string of the molecule is COC(=O)CCCCC1=CN(O)ON1CCCCC(=O)OC. The number of unbranched alkanes of at least 4 members (excludes halogenated alkanes) is 2. The lowest BCUT2D eigenvalue weighted by atomic mass is 10.1. The quantitative estimate of drug-likeness (QED) is 0.482. The van der Waals surface area contributed by atoms with Gasteiger partial charge in [-0.1, -0.05) is 0 Å². The van der Waals surface area contributed by atoms with Crippen LogP contribution in [0.5, 0.6) is 0 Å². The van der Waals surface area contributed by atoms with Crippen molar-refractivity contribution in [2.45, 2.75) is 44.9 Å². The van der Waals surface area contributed by atoms with Crippen LogP contribution in [0, 0.1) is 0 Å². The average molecular weight is 316 g/mol. The van der Waals surface area contributed by atoms with Crippen LogP contribution >= 0.6 is 0 Å². The van der Waals surface area contributed by atoms with E-state index in [2.05, 4.69) is 9.47 Å². The van der Waals surface area contributed by atoms with Gasteiger partial charge in [-0.25, -0.2) is 5.06 Å². The van der Waals surface area contributed by atoms with E-state index in [1.165, 1.54) is 20.4 Å². The molecule has 0 amide bonds. The second-order valence-corrected chi connectivity index (χ2v) is 4.92. The third-order valence-electron chi connectivity index (χ3n) is 3.27. The van der Waals surface area contributed by atoms with E-state index in [0.717, 1.165) is 18.5 Å². The lowest BCUT2D eigenvalue weighted by molar-refractivity contribution is -0.383. The Morgan fingerprint density at radius 3 is 2.27 bits per heavy atom. The van der Waals surface area contributed by atoms with Gasteiger partial charge in [-0.3, -0.25) is 14.8 Å². The van der Waals surface area contributed by atoms with Gasteiger partial charge in [0.05, 0.1) is 26.1 Å². The molecule has 1 heterocycles. The zero-order chi connectivity index (χ0) is 16.4. The van der Waals surface area contributed by atoms with E-state index in [-0.39, 0.29) is 11.9 Å². The topological polar surface area (TPSA) is 88.5 Å². The van der Waals surface area contributed by atoms with Crippen molar-refractivity contribution in [2.75, 3.05) is 20.8 Å². The Balaban J connectivity index is 2.24. The number of hydrogen-bond donors (Lipinski definition) is 1. The van der Waals surface area contributed by atoms with Crippen molar-refractivity contribution >= 4 is 11.9 Å². The number of allylic oxidation sites excluding steroid dienone is 1. The van der Waals surface area contributed by atoms with Crippen molar-refractivity contribution in [1.29, 1.82) is 0 Å². The third-order valence-corrected chi connectivity index (χ3v) is 3.27. The second kappa shape index (κ2) is 10.0. The number of hydroxylamine groups is 4. The van der Waals surface area contributed by atoms with Crippen molar-refractivity contribution in [3.63, 3.8) is 0 Å². The van der Waals surface area contributed by atoms with Gasteiger partial charge in [0, 0.05) is 19.4 Å². The van der Waals surface area contributed by atoms with E-state index >= 15 is 0 Å². The minimum atomic E-state index is -0.232. The fraction of sp³-hybridized carbons (Fsp3) is 0.714. The molecular weight excluding hydrogens is 292 g/mol. The van der Waals surface area contributed by atoms with E-state index < -0.39 is 0 Å². The summed E-state index contributed by atoms with van der Waals surface area (Å²) in [6.07, 6.45) is 5.86. The van der Waals surface area contributed by atoms with Crippen LogP contribution in [-0.2, 0) is 24.0 Å². The fourth-order valence-corrected chi connectivity index (χ4v) is 2.05. The Morgan fingerprint density at radius 2 is 1.68 bits per heavy atom. The minimum Gasteiger partial charge on any atom is -0.469 e. The molecule has 8 nitrogen and oxygen atoms in total. The molecule has 0 fully saturated rings. The van der Waals surface area contributed by atoms with Crippen molar-refractivity contribution in [3.05, 3.63) is 11.9 Å². The van der Waals surface area contributed by atoms with E-state index in [0.29, 0.717) is 43.9 Å². The molecule has 0 radical (unpaired) electrons. The summed E-state index contributed by atoms with van der Waals surface area (Å²) in [6, 6.07) is 0. The van der Waals surface area contributed by atoms with Crippen LogP contribution in [0.2, 0.25) is 0 Å². The zero-order valence-electron chi connectivity index (χ0n) is 13.1. The fourth-order valence-electron chi connectivity index (χ4n) is 2.05. The highest BCUT2D eigenvalue weighted by Crippen LogP contribution is 2.22. The monoisotopic (exact) mass is 316 g/mol. The van der Waals surface area contributed by atoms with E-state index in [1.807, 2.05) is 0 Å². The van der Waals surface area contributed by atoms with Gasteiger partial charge in [-0.15, -0.1) is 10.2 Å². The Bertz CT molecular complexity index is 399. The summed E-state index contributed by atoms with van der Waals surface area (Å²) >= 11 is 0. The summed E-state index contributed by atoms with van der Waals surface area (Å²) in [5, 5.41) is 11.6. The number of carbonyl (C=O) groups is 2. The summed E-state index contributed by atoms with van der Waals surface area (Å²) < 4.78 is 9.15. The van der Waals surface area contributed by atoms with Crippen LogP contribution in [0.1, 0.15) is 44.9 Å². The van der Waals surface area contributed by atoms with Crippen LogP contribution in [0.3, 0.4) is 0 Å². The summed E-state index contributed by atoms with van der Waals surface area (Å²) in [7, 11) is 2.74. The molecule has 0 saturated carbocycles. The largest absolute Gasteiger partial charge is 0.469 e. The van der Waals surface area contributed by atoms with Gasteiger partial charge in [0.2, 0.25) is 0 Å². The van der Waals surface area contributed by atoms with Gasteiger partial charge in [-0.2, -0.15) is 0 Å². The van der Waals surface area contributed by atoms with Gasteiger partial charge < -0.3 is 9.47 Å². The Kier molecular flexibility index (Phi) is 8.31. The first-order valence-electron chi connectivity index (χ1n) is 7.35. The van der Waals surface area contributed by atoms with Crippen molar-refractivity contribution in [3.8, 4) is 0 Å². The first kappa shape index (κ1) is 18.2. The highest BCUT2D eigenvalue weighted by atomic mass is 17.0. The smallest absolute Gasteiger partial charge is 0.305 e. The Hall–Kier alpha value is -1.80. The lowest BCUT2D eigenvalue weighted by Crippen LogP contribution is -2.24. The molecule has 8 heteroatoms. The summed E-state index contributed by atoms with van der Waals surface area (Å²) in [6.45, 7) is 0.566. The molecule has 0 atom stereocenters. The zero-order valence-corrected chi connectivity index (χ0v) is 13.1. The Morgan fingerprint density at radius 1 is 1.09 bits per heavy atom. The van der Waals surface area contributed by atoms with Crippen LogP contribution in [0.4, 0.5) is 0 Å². The number of nitrogens with zero attached hydrogens (tertiary/aromatic N) is 2. The summed E-state index contributed by atoms with van der Waals surface area (Å²) in [4.78, 5) is 27.2. The van der Waals surface area contributed by atoms with Crippen LogP contribution < -0.4 is 0 Å². The maximum Gasteiger partial charge on any atom is 0.305 e. The standard InChI is InChI=1S/C14H24N2O6/c1-20-13(17)8-4-3-7-12-11-16(19)22-15(12)10-6-5-9-14(18)21-2/h11,19H,3-10H2,1-2H3. The predicted octanol–water partition coefficient (Wildman–Crippen LogP) is 1.76. The molecule has 1 N–H and O–H groups in total. The molecule has 0 aromatic rings. The molecule has 1 aliphatic rings. The highest BCUT2D eigenvalue weighted by molar-refractivity contribution is 5.69. The van der Waals surface area contributed by atoms with Crippen LogP contribution in [-0.4, -0.2) is 48.2 Å². The maximum atomic E-state index is 11.0. The highest BCUT2D eigenvalue weighted by Gasteiger charge is 2.21. The summed E-state index contributed by atoms with van der Waals surface area (Å²) in [5.74, 6) is -0.454. The normalized spacial score (nSPS) is 14.0. The second-order valence-electron chi connectivity index (χ2n) is 4.92. The number of hydrogen-bond acceptors (Lipinski definition) is 8. The number of rotatable bonds is 10. The van der Waals surface area contributed by atoms with E-state index in [1.54, 1.807) is 5.06 Å². The molecule has 1 aliphatic heterocycles. The molecule has 1 rings (SSSR count). The van der Waals surface area contributed by atoms with Gasteiger partial charge in [0.1, 0.15) is 0 Å². The van der Waals surface area contributed by atoms with Gasteiger partial charge in [-0.05, 0) is 32.1 Å². The number of methoxy groups -OCH3 is 2. The van der Waals surface area contributed by atoms with Gasteiger partial charge >= 0.3 is 11.9 Å². The lowest BCUT2D eigenvalue weighted by Gasteiger charge is -2.19. The first-order chi connectivity index (χ1) is 10.6. The molecule has 0 aromatic carbocycles. The van der Waals surface area contributed by atoms with Gasteiger partial charge in [0.15, 0.2) is 0 Å². The number of carbonyl (C=O) groups excluding carboxylic acids is 2. The van der Waals surface area contributed by atoms with Crippen molar-refractivity contribution in [2.24, 2.45) is 0 Å². The van der Waals surface area contributed by atoms with Crippen molar-refractivity contribution in [1.82, 2.24) is 10.3 Å². The first-order valence-corrected chi connectivity index (χ1v) is 7.35. The van der Waals surface area contributed by atoms with Crippen molar-refractivity contribution < 1.29 is 29.2 Å². The molecule has 22 heavy (non-hydrogen) atoms. The molecule has 0 aliphatic carbocycles. The van der Waals surface area contributed by atoms with E-state index in [9.17, 15) is 14.8 Å². The summed E-state index contributed by atoms with van der Waals surface area (Å²) in [5.41, 5.74) is 0.838. The van der Waals surface area contributed by atoms with Crippen LogP contribution in [0.25, 0.3) is 0 Å². The average Bonchev–Trinajstić information content (AvgIpc) is 2.87. The van der Waals surface area contributed by atoms with E-state index in [4.69, 9.17) is 4.94 Å². The molecule has 126 valence electrons. The molecule has 0 spiro atoms. The number of ether oxygens (including phenoxy) is 2. The molecule has 0 aromatic heterocycles. The van der Waals surface area contributed by atoms with Crippen LogP contribution in [0.15, 0.2) is 11.9 Å². The number of esters is 2. The maximum absolute atomic E-state index is 11.0. The van der Waals surface area contributed by atoms with Gasteiger partial charge in [0.25, 0.3) is 0 Å². The predicted molar refractivity (Wildman–Crippen MR) is 75.9 cm³/mol. The molecule has 0 saturated heterocycles. The minimum absolute atomic E-state index is 0.222. The molecule has 0 unspecified atom stereocenters. The molecule has 0 bridgehead atoms. The third kappa shape index (κ3) is 6.77. The molecular formula is C14H24N2O6.